The molecule has 1 aromatic carbocycles. The van der Waals surface area contributed by atoms with Crippen molar-refractivity contribution in [3.05, 3.63) is 52.0 Å². The van der Waals surface area contributed by atoms with Crippen LogP contribution in [0.3, 0.4) is 0 Å². The van der Waals surface area contributed by atoms with E-state index in [0.29, 0.717) is 10.6 Å². The molecule has 1 aliphatic rings. The lowest BCUT2D eigenvalue weighted by molar-refractivity contribution is -0.113. The van der Waals surface area contributed by atoms with E-state index in [1.54, 1.807) is 12.1 Å². The van der Waals surface area contributed by atoms with Gasteiger partial charge in [-0.05, 0) is 43.4 Å². The predicted octanol–water partition coefficient (Wildman–Crippen LogP) is 4.33. The molecule has 10 heteroatoms. The van der Waals surface area contributed by atoms with Crippen LogP contribution < -0.4 is 10.1 Å². The van der Waals surface area contributed by atoms with Gasteiger partial charge in [0.05, 0.1) is 11.3 Å². The highest BCUT2D eigenvalue weighted by Crippen LogP contribution is 2.37. The summed E-state index contributed by atoms with van der Waals surface area (Å²) >= 11 is 2.57. The molecule has 2 aromatic heterocycles. The number of aryl methyl sites for hydroxylation is 1. The van der Waals surface area contributed by atoms with Crippen LogP contribution in [0.5, 0.6) is 5.75 Å². The number of hydrogen-bond acceptors (Lipinski definition) is 8. The fourth-order valence-corrected chi connectivity index (χ4v) is 4.95. The second kappa shape index (κ2) is 9.28. The second-order valence-corrected chi connectivity index (χ2v) is 8.58. The number of thiophene rings is 1. The molecule has 0 fully saturated rings. The molecular formula is C20H17FN4O3S2. The quantitative estimate of drug-likeness (QED) is 0.541. The summed E-state index contributed by atoms with van der Waals surface area (Å²) in [7, 11) is 0. The molecule has 3 aromatic rings. The van der Waals surface area contributed by atoms with Crippen LogP contribution in [0.4, 0.5) is 9.39 Å². The van der Waals surface area contributed by atoms with Crippen molar-refractivity contribution in [1.29, 1.82) is 5.26 Å². The number of rotatable bonds is 7. The van der Waals surface area contributed by atoms with E-state index in [2.05, 4.69) is 21.6 Å². The van der Waals surface area contributed by atoms with Crippen molar-refractivity contribution in [1.82, 2.24) is 10.2 Å². The zero-order chi connectivity index (χ0) is 20.9. The molecule has 1 amide bonds. The largest absolute Gasteiger partial charge is 0.481 e. The Morgan fingerprint density at radius 3 is 3.00 bits per heavy atom. The van der Waals surface area contributed by atoms with Crippen LogP contribution in [0.15, 0.2) is 33.9 Å². The number of fused-ring (bicyclic) bond motifs is 1. The van der Waals surface area contributed by atoms with Crippen molar-refractivity contribution in [2.45, 2.75) is 37.5 Å². The number of thioether (sulfide) groups is 1. The number of benzene rings is 1. The molecule has 0 saturated heterocycles. The van der Waals surface area contributed by atoms with Crippen molar-refractivity contribution >= 4 is 34.0 Å². The second-order valence-electron chi connectivity index (χ2n) is 6.54. The van der Waals surface area contributed by atoms with Gasteiger partial charge in [0.2, 0.25) is 5.91 Å². The smallest absolute Gasteiger partial charge is 0.277 e. The molecule has 0 atom stereocenters. The highest BCUT2D eigenvalue weighted by atomic mass is 32.2. The van der Waals surface area contributed by atoms with E-state index in [4.69, 9.17) is 9.15 Å². The summed E-state index contributed by atoms with van der Waals surface area (Å²) in [5, 5.41) is 20.8. The van der Waals surface area contributed by atoms with Gasteiger partial charge < -0.3 is 14.5 Å². The molecule has 7 nitrogen and oxygen atoms in total. The van der Waals surface area contributed by atoms with Gasteiger partial charge in [-0.2, -0.15) is 5.26 Å². The topological polar surface area (TPSA) is 101 Å². The summed E-state index contributed by atoms with van der Waals surface area (Å²) < 4.78 is 24.3. The third-order valence-corrected chi connectivity index (χ3v) is 6.52. The molecule has 0 aliphatic heterocycles. The Balaban J connectivity index is 1.30. The standard InChI is InChI=1S/C20H17FN4O3S2/c21-14-6-2-3-7-15(14)27-10-18-24-25-20(28-18)29-11-17(26)23-19-13(9-22)12-5-1-4-8-16(12)30-19/h2-3,6-7H,1,4-5,8,10-11H2,(H,23,26). The molecule has 1 N–H and O–H groups in total. The first kappa shape index (κ1) is 20.4. The summed E-state index contributed by atoms with van der Waals surface area (Å²) in [6.45, 7) is -0.0764. The summed E-state index contributed by atoms with van der Waals surface area (Å²) in [5.74, 6) is -0.397. The van der Waals surface area contributed by atoms with Gasteiger partial charge in [-0.3, -0.25) is 4.79 Å². The van der Waals surface area contributed by atoms with Gasteiger partial charge in [0, 0.05) is 4.88 Å². The van der Waals surface area contributed by atoms with Crippen molar-refractivity contribution in [3.63, 3.8) is 0 Å². The number of nitriles is 1. The lowest BCUT2D eigenvalue weighted by Gasteiger charge is -2.09. The first-order valence-electron chi connectivity index (χ1n) is 9.31. The van der Waals surface area contributed by atoms with Gasteiger partial charge in [0.25, 0.3) is 11.1 Å². The van der Waals surface area contributed by atoms with Crippen LogP contribution in [0.25, 0.3) is 0 Å². The van der Waals surface area contributed by atoms with E-state index < -0.39 is 5.82 Å². The van der Waals surface area contributed by atoms with Crippen LogP contribution >= 0.6 is 23.1 Å². The van der Waals surface area contributed by atoms with Gasteiger partial charge in [-0.15, -0.1) is 21.5 Å². The molecule has 1 aliphatic carbocycles. The molecule has 0 saturated carbocycles. The molecule has 30 heavy (non-hydrogen) atoms. The zero-order valence-corrected chi connectivity index (χ0v) is 17.4. The number of hydrogen-bond donors (Lipinski definition) is 1. The SMILES string of the molecule is N#Cc1c(NC(=O)CSc2nnc(COc3ccccc3F)o2)sc2c1CCCC2. The Labute approximate surface area is 180 Å². The number of carbonyl (C=O) groups is 1. The number of carbonyl (C=O) groups excluding carboxylic acids is 1. The fourth-order valence-electron chi connectivity index (χ4n) is 3.12. The highest BCUT2D eigenvalue weighted by molar-refractivity contribution is 7.99. The molecule has 154 valence electrons. The minimum absolute atomic E-state index is 0.0588. The minimum atomic E-state index is -0.477. The van der Waals surface area contributed by atoms with Gasteiger partial charge in [0.15, 0.2) is 18.2 Å². The highest BCUT2D eigenvalue weighted by Gasteiger charge is 2.22. The van der Waals surface area contributed by atoms with Crippen LogP contribution in [-0.2, 0) is 24.2 Å². The molecule has 0 bridgehead atoms. The average Bonchev–Trinajstić information content (AvgIpc) is 3.35. The molecule has 0 spiro atoms. The van der Waals surface area contributed by atoms with E-state index in [1.165, 1.54) is 28.3 Å². The summed E-state index contributed by atoms with van der Waals surface area (Å²) in [6, 6.07) is 8.25. The summed E-state index contributed by atoms with van der Waals surface area (Å²) in [5.41, 5.74) is 1.66. The molecule has 2 heterocycles. The molecule has 0 radical (unpaired) electrons. The van der Waals surface area contributed by atoms with Crippen molar-refractivity contribution in [3.8, 4) is 11.8 Å². The van der Waals surface area contributed by atoms with E-state index in [0.717, 1.165) is 43.0 Å². The van der Waals surface area contributed by atoms with Gasteiger partial charge in [0.1, 0.15) is 11.1 Å². The normalized spacial score (nSPS) is 12.8. The lowest BCUT2D eigenvalue weighted by atomic mass is 9.96. The van der Waals surface area contributed by atoms with Crippen molar-refractivity contribution < 1.29 is 18.3 Å². The number of nitrogens with one attached hydrogen (secondary N) is 1. The minimum Gasteiger partial charge on any atom is -0.481 e. The number of aromatic nitrogens is 2. The van der Waals surface area contributed by atoms with Crippen LogP contribution in [0, 0.1) is 17.1 Å². The van der Waals surface area contributed by atoms with Crippen molar-refractivity contribution in [2.75, 3.05) is 11.1 Å². The Kier molecular flexibility index (Phi) is 6.30. The zero-order valence-electron chi connectivity index (χ0n) is 15.8. The number of ether oxygens (including phenoxy) is 1. The third-order valence-electron chi connectivity index (χ3n) is 4.50. The molecule has 0 unspecified atom stereocenters. The maximum Gasteiger partial charge on any atom is 0.277 e. The van der Waals surface area contributed by atoms with E-state index >= 15 is 0 Å². The summed E-state index contributed by atoms with van der Waals surface area (Å²) in [4.78, 5) is 13.5. The van der Waals surface area contributed by atoms with E-state index in [9.17, 15) is 14.4 Å². The lowest BCUT2D eigenvalue weighted by Crippen LogP contribution is -2.14. The third kappa shape index (κ3) is 4.63. The number of amides is 1. The maximum absolute atomic E-state index is 13.6. The first-order chi connectivity index (χ1) is 14.6. The monoisotopic (exact) mass is 444 g/mol. The Morgan fingerprint density at radius 1 is 1.33 bits per heavy atom. The Morgan fingerprint density at radius 2 is 2.17 bits per heavy atom. The number of halogens is 1. The number of anilines is 1. The van der Waals surface area contributed by atoms with E-state index in [1.807, 2.05) is 0 Å². The van der Waals surface area contributed by atoms with Crippen LogP contribution in [0.2, 0.25) is 0 Å². The van der Waals surface area contributed by atoms with Gasteiger partial charge in [-0.1, -0.05) is 23.9 Å². The first-order valence-corrected chi connectivity index (χ1v) is 11.1. The Hall–Kier alpha value is -2.90. The van der Waals surface area contributed by atoms with Crippen LogP contribution in [0.1, 0.15) is 34.7 Å². The van der Waals surface area contributed by atoms with Crippen LogP contribution in [-0.4, -0.2) is 21.9 Å². The fraction of sp³-hybridized carbons (Fsp3) is 0.300. The van der Waals surface area contributed by atoms with Gasteiger partial charge >= 0.3 is 0 Å². The number of para-hydroxylation sites is 1. The molecule has 4 rings (SSSR count). The predicted molar refractivity (Wildman–Crippen MR) is 110 cm³/mol. The van der Waals surface area contributed by atoms with Crippen molar-refractivity contribution in [2.24, 2.45) is 0 Å². The number of nitrogens with zero attached hydrogens (tertiary/aromatic N) is 3. The van der Waals surface area contributed by atoms with E-state index in [-0.39, 0.29) is 35.1 Å². The average molecular weight is 445 g/mol. The molecular weight excluding hydrogens is 427 g/mol. The summed E-state index contributed by atoms with van der Waals surface area (Å²) in [6.07, 6.45) is 4.03. The maximum atomic E-state index is 13.6. The van der Waals surface area contributed by atoms with Gasteiger partial charge in [-0.25, -0.2) is 4.39 Å². The Bertz CT molecular complexity index is 1110.